The van der Waals surface area contributed by atoms with Crippen LogP contribution in [0.15, 0.2) is 67.0 Å². The molecule has 6 nitrogen and oxygen atoms in total. The van der Waals surface area contributed by atoms with Gasteiger partial charge in [-0.25, -0.2) is 4.79 Å². The molecule has 3 aromatic rings. The van der Waals surface area contributed by atoms with Gasteiger partial charge in [0, 0.05) is 30.3 Å². The summed E-state index contributed by atoms with van der Waals surface area (Å²) in [6, 6.07) is 16.7. The van der Waals surface area contributed by atoms with Crippen LogP contribution >= 0.6 is 12.2 Å². The minimum Gasteiger partial charge on any atom is -0.478 e. The molecular formula is C21H20N4O2S. The fourth-order valence-electron chi connectivity index (χ4n) is 3.70. The molecule has 28 heavy (non-hydrogen) atoms. The lowest BCUT2D eigenvalue weighted by Gasteiger charge is -2.28. The molecule has 1 saturated heterocycles. The maximum absolute atomic E-state index is 11.1. The van der Waals surface area contributed by atoms with Crippen LogP contribution in [-0.2, 0) is 0 Å². The van der Waals surface area contributed by atoms with Crippen molar-refractivity contribution in [1.82, 2.24) is 19.8 Å². The van der Waals surface area contributed by atoms with Gasteiger partial charge < -0.3 is 19.9 Å². The van der Waals surface area contributed by atoms with Gasteiger partial charge in [-0.2, -0.15) is 0 Å². The first-order valence-electron chi connectivity index (χ1n) is 9.09. The number of pyridine rings is 1. The summed E-state index contributed by atoms with van der Waals surface area (Å²) < 4.78 is 2.07. The monoisotopic (exact) mass is 392 g/mol. The molecule has 7 heteroatoms. The highest BCUT2D eigenvalue weighted by Gasteiger charge is 2.40. The van der Waals surface area contributed by atoms with Crippen LogP contribution in [0.2, 0.25) is 0 Å². The van der Waals surface area contributed by atoms with Crippen LogP contribution in [0, 0.1) is 0 Å². The van der Waals surface area contributed by atoms with Crippen molar-refractivity contribution in [3.8, 4) is 5.69 Å². The van der Waals surface area contributed by atoms with Crippen molar-refractivity contribution in [1.29, 1.82) is 0 Å². The minimum absolute atomic E-state index is 0.0263. The second kappa shape index (κ2) is 7.44. The number of thiocarbonyl (C=S) groups is 1. The van der Waals surface area contributed by atoms with E-state index in [1.807, 2.05) is 42.6 Å². The fourth-order valence-corrected chi connectivity index (χ4v) is 4.07. The molecule has 0 amide bonds. The molecule has 0 bridgehead atoms. The molecular weight excluding hydrogens is 372 g/mol. The van der Waals surface area contributed by atoms with Gasteiger partial charge in [-0.05, 0) is 67.7 Å². The molecule has 2 N–H and O–H groups in total. The largest absolute Gasteiger partial charge is 0.478 e. The topological polar surface area (TPSA) is 70.4 Å². The molecule has 0 aliphatic carbocycles. The predicted octanol–water partition coefficient (Wildman–Crippen LogP) is 3.56. The van der Waals surface area contributed by atoms with E-state index in [2.05, 4.69) is 32.8 Å². The Bertz CT molecular complexity index is 1000. The van der Waals surface area contributed by atoms with Crippen molar-refractivity contribution in [3.63, 3.8) is 0 Å². The normalized spacial score (nSPS) is 18.9. The third-order valence-electron chi connectivity index (χ3n) is 5.01. The van der Waals surface area contributed by atoms with Gasteiger partial charge in [0.1, 0.15) is 0 Å². The summed E-state index contributed by atoms with van der Waals surface area (Å²) in [5, 5.41) is 13.3. The molecule has 0 saturated carbocycles. The van der Waals surface area contributed by atoms with E-state index in [9.17, 15) is 4.79 Å². The van der Waals surface area contributed by atoms with Crippen molar-refractivity contribution in [2.75, 3.05) is 6.54 Å². The number of carbonyl (C=O) groups is 1. The second-order valence-corrected chi connectivity index (χ2v) is 6.95. The molecule has 2 atom stereocenters. The van der Waals surface area contributed by atoms with Gasteiger partial charge in [0.05, 0.1) is 23.3 Å². The lowest BCUT2D eigenvalue weighted by molar-refractivity contribution is 0.0697. The molecule has 4 rings (SSSR count). The van der Waals surface area contributed by atoms with Gasteiger partial charge >= 0.3 is 5.97 Å². The lowest BCUT2D eigenvalue weighted by atomic mass is 10.0. The summed E-state index contributed by atoms with van der Waals surface area (Å²) in [6.45, 7) is 2.85. The van der Waals surface area contributed by atoms with E-state index in [0.717, 1.165) is 23.6 Å². The van der Waals surface area contributed by atoms with Crippen molar-refractivity contribution < 1.29 is 9.90 Å². The van der Waals surface area contributed by atoms with Crippen LogP contribution < -0.4 is 5.32 Å². The highest BCUT2D eigenvalue weighted by atomic mass is 32.1. The zero-order valence-electron chi connectivity index (χ0n) is 15.3. The molecule has 142 valence electrons. The molecule has 1 aromatic carbocycles. The van der Waals surface area contributed by atoms with E-state index in [0.29, 0.717) is 5.11 Å². The van der Waals surface area contributed by atoms with Gasteiger partial charge in [-0.1, -0.05) is 6.07 Å². The van der Waals surface area contributed by atoms with Crippen LogP contribution in [-0.4, -0.2) is 37.2 Å². The number of aromatic carboxylic acids is 1. The molecule has 0 spiro atoms. The average molecular weight is 392 g/mol. The van der Waals surface area contributed by atoms with Gasteiger partial charge in [0.2, 0.25) is 0 Å². The first-order valence-corrected chi connectivity index (χ1v) is 9.50. The smallest absolute Gasteiger partial charge is 0.335 e. The Morgan fingerprint density at radius 3 is 2.61 bits per heavy atom. The number of benzene rings is 1. The number of rotatable bonds is 5. The average Bonchev–Trinajstić information content (AvgIpc) is 3.32. The van der Waals surface area contributed by atoms with Crippen LogP contribution in [0.25, 0.3) is 5.69 Å². The summed E-state index contributed by atoms with van der Waals surface area (Å²) in [4.78, 5) is 17.8. The Labute approximate surface area is 168 Å². The Morgan fingerprint density at radius 2 is 1.96 bits per heavy atom. The zero-order chi connectivity index (χ0) is 19.7. The van der Waals surface area contributed by atoms with E-state index < -0.39 is 5.97 Å². The maximum Gasteiger partial charge on any atom is 0.335 e. The Kier molecular flexibility index (Phi) is 4.83. The summed E-state index contributed by atoms with van der Waals surface area (Å²) in [7, 11) is 0. The van der Waals surface area contributed by atoms with E-state index in [1.54, 1.807) is 18.3 Å². The van der Waals surface area contributed by atoms with E-state index >= 15 is 0 Å². The summed E-state index contributed by atoms with van der Waals surface area (Å²) in [5.74, 6) is -0.933. The van der Waals surface area contributed by atoms with E-state index in [1.165, 1.54) is 0 Å². The first-order chi connectivity index (χ1) is 13.6. The van der Waals surface area contributed by atoms with Gasteiger partial charge in [-0.3, -0.25) is 4.98 Å². The molecule has 1 fully saturated rings. The number of aromatic nitrogens is 2. The van der Waals surface area contributed by atoms with Gasteiger partial charge in [0.25, 0.3) is 0 Å². The standard InChI is InChI=1S/C21H20N4O2S/c1-2-24-19(18(23-21(24)28)16-6-3-4-12-22-16)17-7-5-13-25(17)15-10-8-14(9-11-15)20(26)27/h3-13,18-19H,2H2,1H3,(H,23,28)(H,26,27)/t18-,19-/m1/s1. The van der Waals surface area contributed by atoms with Gasteiger partial charge in [0.15, 0.2) is 5.11 Å². The van der Waals surface area contributed by atoms with Gasteiger partial charge in [-0.15, -0.1) is 0 Å². The Hall–Kier alpha value is -3.19. The minimum atomic E-state index is -0.933. The molecule has 3 heterocycles. The number of hydrogen-bond acceptors (Lipinski definition) is 3. The van der Waals surface area contributed by atoms with Crippen LogP contribution in [0.1, 0.15) is 40.8 Å². The van der Waals surface area contributed by atoms with E-state index in [4.69, 9.17) is 17.3 Å². The number of carboxylic acid groups (broad SMARTS) is 1. The number of nitrogens with one attached hydrogen (secondary N) is 1. The van der Waals surface area contributed by atoms with Crippen LogP contribution in [0.3, 0.4) is 0 Å². The molecule has 1 aliphatic rings. The predicted molar refractivity (Wildman–Crippen MR) is 111 cm³/mol. The van der Waals surface area contributed by atoms with Crippen molar-refractivity contribution in [2.24, 2.45) is 0 Å². The fraction of sp³-hybridized carbons (Fsp3) is 0.190. The highest BCUT2D eigenvalue weighted by molar-refractivity contribution is 7.80. The quantitative estimate of drug-likeness (QED) is 0.647. The zero-order valence-corrected chi connectivity index (χ0v) is 16.1. The summed E-state index contributed by atoms with van der Waals surface area (Å²) in [6.07, 6.45) is 3.77. The van der Waals surface area contributed by atoms with E-state index in [-0.39, 0.29) is 17.6 Å². The Balaban J connectivity index is 1.77. The van der Waals surface area contributed by atoms with Crippen molar-refractivity contribution in [2.45, 2.75) is 19.0 Å². The third-order valence-corrected chi connectivity index (χ3v) is 5.37. The molecule has 0 radical (unpaired) electrons. The highest BCUT2D eigenvalue weighted by Crippen LogP contribution is 2.39. The third kappa shape index (κ3) is 3.14. The van der Waals surface area contributed by atoms with Crippen LogP contribution in [0.5, 0.6) is 0 Å². The number of carboxylic acids is 1. The molecule has 1 aliphatic heterocycles. The lowest BCUT2D eigenvalue weighted by Crippen LogP contribution is -2.30. The first kappa shape index (κ1) is 18.2. The summed E-state index contributed by atoms with van der Waals surface area (Å²) >= 11 is 5.59. The summed E-state index contributed by atoms with van der Waals surface area (Å²) in [5.41, 5.74) is 3.16. The Morgan fingerprint density at radius 1 is 1.18 bits per heavy atom. The second-order valence-electron chi connectivity index (χ2n) is 6.57. The molecule has 2 aromatic heterocycles. The SMILES string of the molecule is CCN1C(=S)N[C@H](c2ccccn2)[C@H]1c1cccn1-c1ccc(C(=O)O)cc1. The van der Waals surface area contributed by atoms with Crippen molar-refractivity contribution >= 4 is 23.3 Å². The number of hydrogen-bond donors (Lipinski definition) is 2. The number of likely N-dealkylation sites (N-methyl/N-ethyl adjacent to an activating group) is 1. The van der Waals surface area contributed by atoms with Crippen molar-refractivity contribution in [3.05, 3.63) is 83.9 Å². The maximum atomic E-state index is 11.1. The van der Waals surface area contributed by atoms with Crippen LogP contribution in [0.4, 0.5) is 0 Å². The number of nitrogens with zero attached hydrogens (tertiary/aromatic N) is 3. The molecule has 0 unspecified atom stereocenters.